The summed E-state index contributed by atoms with van der Waals surface area (Å²) in [5.74, 6) is -0.230. The number of nitrogens with zero attached hydrogens (tertiary/aromatic N) is 3. The number of ether oxygens (including phenoxy) is 1. The Morgan fingerprint density at radius 3 is 2.70 bits per heavy atom. The predicted octanol–water partition coefficient (Wildman–Crippen LogP) is 4.65. The SMILES string of the molecule is Cc1cc(C(CC#N)OCC2(c3ccc(F)cc3)CCN(C)CC2)c2[nH]ncc2c1. The summed E-state index contributed by atoms with van der Waals surface area (Å²) in [5, 5.41) is 17.7. The van der Waals surface area contributed by atoms with Gasteiger partial charge in [-0.2, -0.15) is 10.4 Å². The van der Waals surface area contributed by atoms with Crippen molar-refractivity contribution < 1.29 is 9.13 Å². The maximum Gasteiger partial charge on any atom is 0.123 e. The highest BCUT2D eigenvalue weighted by Crippen LogP contribution is 2.38. The Hall–Kier alpha value is -2.75. The van der Waals surface area contributed by atoms with E-state index >= 15 is 0 Å². The topological polar surface area (TPSA) is 64.9 Å². The van der Waals surface area contributed by atoms with Crippen LogP contribution in [0, 0.1) is 24.1 Å². The summed E-state index contributed by atoms with van der Waals surface area (Å²) in [6, 6.07) is 13.2. The first-order chi connectivity index (χ1) is 14.5. The zero-order valence-electron chi connectivity index (χ0n) is 17.5. The van der Waals surface area contributed by atoms with E-state index in [4.69, 9.17) is 4.74 Å². The fourth-order valence-corrected chi connectivity index (χ4v) is 4.46. The largest absolute Gasteiger partial charge is 0.371 e. The molecule has 0 radical (unpaired) electrons. The van der Waals surface area contributed by atoms with Crippen molar-refractivity contribution in [2.45, 2.75) is 37.7 Å². The lowest BCUT2D eigenvalue weighted by Crippen LogP contribution is -2.44. The van der Waals surface area contributed by atoms with Gasteiger partial charge in [-0.25, -0.2) is 4.39 Å². The Morgan fingerprint density at radius 2 is 2.00 bits per heavy atom. The van der Waals surface area contributed by atoms with Crippen molar-refractivity contribution in [1.82, 2.24) is 15.1 Å². The Balaban J connectivity index is 1.64. The zero-order valence-corrected chi connectivity index (χ0v) is 17.5. The van der Waals surface area contributed by atoms with Crippen LogP contribution >= 0.6 is 0 Å². The Kier molecular flexibility index (Phi) is 5.85. The lowest BCUT2D eigenvalue weighted by molar-refractivity contribution is 0.000458. The number of aromatic nitrogens is 2. The van der Waals surface area contributed by atoms with Gasteiger partial charge in [-0.05, 0) is 69.2 Å². The summed E-state index contributed by atoms with van der Waals surface area (Å²) >= 11 is 0. The molecule has 1 saturated heterocycles. The molecule has 0 bridgehead atoms. The van der Waals surface area contributed by atoms with E-state index < -0.39 is 0 Å². The molecule has 1 fully saturated rings. The number of nitrogens with one attached hydrogen (secondary N) is 1. The maximum atomic E-state index is 13.5. The van der Waals surface area contributed by atoms with Gasteiger partial charge in [0.2, 0.25) is 0 Å². The Labute approximate surface area is 176 Å². The average molecular weight is 407 g/mol. The van der Waals surface area contributed by atoms with Crippen molar-refractivity contribution >= 4 is 10.9 Å². The minimum atomic E-state index is -0.352. The Morgan fingerprint density at radius 1 is 1.27 bits per heavy atom. The molecule has 1 aromatic heterocycles. The minimum absolute atomic E-state index is 0.190. The summed E-state index contributed by atoms with van der Waals surface area (Å²) < 4.78 is 20.0. The lowest BCUT2D eigenvalue weighted by atomic mass is 9.73. The molecular formula is C24H27FN4O. The Bertz CT molecular complexity index is 1050. The van der Waals surface area contributed by atoms with Gasteiger partial charge in [-0.15, -0.1) is 0 Å². The number of piperidine rings is 1. The molecule has 156 valence electrons. The highest BCUT2D eigenvalue weighted by molar-refractivity contribution is 5.82. The number of aromatic amines is 1. The van der Waals surface area contributed by atoms with Crippen LogP contribution in [0.2, 0.25) is 0 Å². The van der Waals surface area contributed by atoms with Gasteiger partial charge in [0.05, 0.1) is 36.9 Å². The molecule has 3 aromatic rings. The third-order valence-corrected chi connectivity index (χ3v) is 6.31. The molecule has 1 atom stereocenters. The number of H-pyrrole nitrogens is 1. The zero-order chi connectivity index (χ0) is 21.1. The minimum Gasteiger partial charge on any atom is -0.371 e. The maximum absolute atomic E-state index is 13.5. The van der Waals surface area contributed by atoms with Crippen LogP contribution in [0.1, 0.15) is 42.1 Å². The summed E-state index contributed by atoms with van der Waals surface area (Å²) in [6.45, 7) is 4.44. The van der Waals surface area contributed by atoms with Crippen molar-refractivity contribution in [1.29, 1.82) is 5.26 Å². The fourth-order valence-electron chi connectivity index (χ4n) is 4.46. The van der Waals surface area contributed by atoms with E-state index in [0.717, 1.165) is 53.5 Å². The number of halogens is 1. The molecule has 2 heterocycles. The van der Waals surface area contributed by atoms with Crippen LogP contribution in [0.25, 0.3) is 10.9 Å². The molecule has 0 aliphatic carbocycles. The average Bonchev–Trinajstić information content (AvgIpc) is 3.21. The molecule has 5 nitrogen and oxygen atoms in total. The molecule has 1 aliphatic rings. The second-order valence-corrected chi connectivity index (χ2v) is 8.44. The van der Waals surface area contributed by atoms with Crippen molar-refractivity contribution in [3.63, 3.8) is 0 Å². The number of fused-ring (bicyclic) bond motifs is 1. The molecule has 0 amide bonds. The third kappa shape index (κ3) is 4.09. The van der Waals surface area contributed by atoms with E-state index in [9.17, 15) is 9.65 Å². The molecule has 6 heteroatoms. The summed E-state index contributed by atoms with van der Waals surface area (Å²) in [4.78, 5) is 2.31. The number of likely N-dealkylation sites (tertiary alicyclic amines) is 1. The summed E-state index contributed by atoms with van der Waals surface area (Å²) in [5.41, 5.74) is 3.90. The first-order valence-corrected chi connectivity index (χ1v) is 10.4. The van der Waals surface area contributed by atoms with E-state index in [-0.39, 0.29) is 23.8 Å². The second-order valence-electron chi connectivity index (χ2n) is 8.44. The number of benzene rings is 2. The van der Waals surface area contributed by atoms with Gasteiger partial charge < -0.3 is 9.64 Å². The first kappa shape index (κ1) is 20.5. The van der Waals surface area contributed by atoms with Crippen molar-refractivity contribution in [2.75, 3.05) is 26.7 Å². The number of aryl methyl sites for hydroxylation is 1. The van der Waals surface area contributed by atoms with Crippen molar-refractivity contribution in [3.05, 3.63) is 65.1 Å². The van der Waals surface area contributed by atoms with Gasteiger partial charge in [0.15, 0.2) is 0 Å². The van der Waals surface area contributed by atoms with E-state index in [1.807, 2.05) is 19.1 Å². The van der Waals surface area contributed by atoms with Gasteiger partial charge in [-0.1, -0.05) is 18.2 Å². The van der Waals surface area contributed by atoms with Gasteiger partial charge in [0.25, 0.3) is 0 Å². The third-order valence-electron chi connectivity index (χ3n) is 6.31. The molecule has 4 rings (SSSR count). The summed E-state index contributed by atoms with van der Waals surface area (Å²) in [6.07, 6.45) is 3.57. The van der Waals surface area contributed by atoms with E-state index in [2.05, 4.69) is 40.3 Å². The van der Waals surface area contributed by atoms with E-state index in [1.54, 1.807) is 6.20 Å². The standard InChI is InChI=1S/C24H27FN4O/c1-17-13-18-15-27-28-23(18)21(14-17)22(7-10-26)30-16-24(8-11-29(2)12-9-24)19-3-5-20(25)6-4-19/h3-6,13-15,22H,7-9,11-12,16H2,1-2H3,(H,27,28). The summed E-state index contributed by atoms with van der Waals surface area (Å²) in [7, 11) is 2.12. The van der Waals surface area contributed by atoms with Crippen LogP contribution in [0.15, 0.2) is 42.6 Å². The van der Waals surface area contributed by atoms with Crippen LogP contribution in [0.4, 0.5) is 4.39 Å². The van der Waals surface area contributed by atoms with E-state index in [1.165, 1.54) is 12.1 Å². The normalized spacial score (nSPS) is 17.7. The van der Waals surface area contributed by atoms with Gasteiger partial charge in [0.1, 0.15) is 5.82 Å². The quantitative estimate of drug-likeness (QED) is 0.647. The highest BCUT2D eigenvalue weighted by atomic mass is 19.1. The number of hydrogen-bond donors (Lipinski definition) is 1. The molecule has 1 unspecified atom stereocenters. The van der Waals surface area contributed by atoms with Crippen LogP contribution in [0.5, 0.6) is 0 Å². The molecule has 1 N–H and O–H groups in total. The number of nitriles is 1. The molecule has 1 aliphatic heterocycles. The molecule has 2 aromatic carbocycles. The molecule has 0 spiro atoms. The monoisotopic (exact) mass is 406 g/mol. The van der Waals surface area contributed by atoms with Crippen LogP contribution < -0.4 is 0 Å². The van der Waals surface area contributed by atoms with Crippen molar-refractivity contribution in [2.24, 2.45) is 0 Å². The number of hydrogen-bond acceptors (Lipinski definition) is 4. The lowest BCUT2D eigenvalue weighted by Gasteiger charge is -2.41. The fraction of sp³-hybridized carbons (Fsp3) is 0.417. The van der Waals surface area contributed by atoms with Gasteiger partial charge in [-0.3, -0.25) is 5.10 Å². The predicted molar refractivity (Wildman–Crippen MR) is 115 cm³/mol. The molecular weight excluding hydrogens is 379 g/mol. The molecule has 30 heavy (non-hydrogen) atoms. The van der Waals surface area contributed by atoms with Gasteiger partial charge in [0, 0.05) is 16.4 Å². The molecule has 0 saturated carbocycles. The number of rotatable bonds is 6. The van der Waals surface area contributed by atoms with Crippen LogP contribution in [-0.4, -0.2) is 41.8 Å². The smallest absolute Gasteiger partial charge is 0.123 e. The van der Waals surface area contributed by atoms with Crippen LogP contribution in [0.3, 0.4) is 0 Å². The highest BCUT2D eigenvalue weighted by Gasteiger charge is 2.37. The van der Waals surface area contributed by atoms with Gasteiger partial charge >= 0.3 is 0 Å². The second kappa shape index (κ2) is 8.55. The van der Waals surface area contributed by atoms with E-state index in [0.29, 0.717) is 6.61 Å². The first-order valence-electron chi connectivity index (χ1n) is 10.4. The van der Waals surface area contributed by atoms with Crippen molar-refractivity contribution in [3.8, 4) is 6.07 Å². The van der Waals surface area contributed by atoms with Crippen LogP contribution in [-0.2, 0) is 10.2 Å².